The van der Waals surface area contributed by atoms with Crippen LogP contribution in [0.15, 0.2) is 72.8 Å². The SMILES string of the molecule is O=C(O)COc1cc(-c2cc(OCC(=O)O)cc3ccccc23)c2ccccc2c1. The summed E-state index contributed by atoms with van der Waals surface area (Å²) >= 11 is 0. The predicted molar refractivity (Wildman–Crippen MR) is 113 cm³/mol. The zero-order chi connectivity index (χ0) is 21.1. The molecule has 6 nitrogen and oxygen atoms in total. The van der Waals surface area contributed by atoms with E-state index in [-0.39, 0.29) is 0 Å². The zero-order valence-electron chi connectivity index (χ0n) is 15.9. The Balaban J connectivity index is 1.94. The summed E-state index contributed by atoms with van der Waals surface area (Å²) in [5, 5.41) is 21.6. The van der Waals surface area contributed by atoms with Crippen LogP contribution < -0.4 is 9.47 Å². The molecule has 0 atom stereocenters. The molecule has 0 saturated carbocycles. The van der Waals surface area contributed by atoms with Crippen molar-refractivity contribution in [3.05, 3.63) is 72.8 Å². The van der Waals surface area contributed by atoms with Gasteiger partial charge in [0, 0.05) is 0 Å². The minimum atomic E-state index is -1.06. The van der Waals surface area contributed by atoms with Crippen LogP contribution in [0, 0.1) is 0 Å². The summed E-state index contributed by atoms with van der Waals surface area (Å²) < 4.78 is 10.9. The van der Waals surface area contributed by atoms with E-state index < -0.39 is 25.2 Å². The molecule has 0 saturated heterocycles. The van der Waals surface area contributed by atoms with Crippen LogP contribution in [0.25, 0.3) is 32.7 Å². The molecule has 0 fully saturated rings. The first-order valence-corrected chi connectivity index (χ1v) is 9.26. The van der Waals surface area contributed by atoms with Gasteiger partial charge in [0.15, 0.2) is 13.2 Å². The molecule has 0 spiro atoms. The molecule has 150 valence electrons. The smallest absolute Gasteiger partial charge is 0.341 e. The molecule has 0 aliphatic rings. The number of carboxylic acids is 2. The molecule has 0 unspecified atom stereocenters. The largest absolute Gasteiger partial charge is 0.482 e. The van der Waals surface area contributed by atoms with Crippen LogP contribution in [-0.2, 0) is 9.59 Å². The lowest BCUT2D eigenvalue weighted by Crippen LogP contribution is -2.09. The minimum absolute atomic E-state index is 0.437. The van der Waals surface area contributed by atoms with Gasteiger partial charge in [0.05, 0.1) is 0 Å². The molecule has 30 heavy (non-hydrogen) atoms. The van der Waals surface area contributed by atoms with Crippen molar-refractivity contribution in [3.63, 3.8) is 0 Å². The molecule has 0 aliphatic heterocycles. The summed E-state index contributed by atoms with van der Waals surface area (Å²) in [5.74, 6) is -1.24. The fourth-order valence-electron chi connectivity index (χ4n) is 3.47. The van der Waals surface area contributed by atoms with Crippen molar-refractivity contribution in [2.24, 2.45) is 0 Å². The lowest BCUT2D eigenvalue weighted by atomic mass is 9.93. The number of carboxylic acid groups (broad SMARTS) is 2. The highest BCUT2D eigenvalue weighted by Gasteiger charge is 2.13. The van der Waals surface area contributed by atoms with Gasteiger partial charge >= 0.3 is 11.9 Å². The monoisotopic (exact) mass is 402 g/mol. The van der Waals surface area contributed by atoms with Gasteiger partial charge < -0.3 is 19.7 Å². The van der Waals surface area contributed by atoms with Crippen LogP contribution in [0.1, 0.15) is 0 Å². The number of fused-ring (bicyclic) bond motifs is 2. The van der Waals surface area contributed by atoms with E-state index in [1.807, 2.05) is 48.5 Å². The van der Waals surface area contributed by atoms with E-state index in [2.05, 4.69) is 0 Å². The highest BCUT2D eigenvalue weighted by molar-refractivity contribution is 6.06. The van der Waals surface area contributed by atoms with Gasteiger partial charge in [-0.05, 0) is 56.9 Å². The van der Waals surface area contributed by atoms with E-state index in [4.69, 9.17) is 19.7 Å². The summed E-state index contributed by atoms with van der Waals surface area (Å²) in [5.41, 5.74) is 1.68. The van der Waals surface area contributed by atoms with Gasteiger partial charge in [-0.25, -0.2) is 9.59 Å². The Labute approximate surface area is 171 Å². The first kappa shape index (κ1) is 19.3. The van der Waals surface area contributed by atoms with E-state index in [0.717, 1.165) is 32.7 Å². The summed E-state index contributed by atoms with van der Waals surface area (Å²) in [4.78, 5) is 21.9. The molecule has 4 aromatic carbocycles. The Bertz CT molecular complexity index is 1160. The van der Waals surface area contributed by atoms with E-state index in [1.54, 1.807) is 24.3 Å². The van der Waals surface area contributed by atoms with E-state index in [0.29, 0.717) is 11.5 Å². The van der Waals surface area contributed by atoms with E-state index >= 15 is 0 Å². The number of hydrogen-bond acceptors (Lipinski definition) is 4. The number of hydrogen-bond donors (Lipinski definition) is 2. The van der Waals surface area contributed by atoms with E-state index in [9.17, 15) is 9.59 Å². The summed E-state index contributed by atoms with van der Waals surface area (Å²) in [6.07, 6.45) is 0. The topological polar surface area (TPSA) is 93.1 Å². The first-order chi connectivity index (χ1) is 14.5. The molecule has 2 N–H and O–H groups in total. The Morgan fingerprint density at radius 3 is 1.43 bits per heavy atom. The van der Waals surface area contributed by atoms with Gasteiger partial charge in [-0.3, -0.25) is 0 Å². The maximum atomic E-state index is 10.9. The zero-order valence-corrected chi connectivity index (χ0v) is 15.9. The predicted octanol–water partition coefficient (Wildman–Crippen LogP) is 4.59. The van der Waals surface area contributed by atoms with E-state index in [1.165, 1.54) is 0 Å². The average Bonchev–Trinajstić information content (AvgIpc) is 2.75. The normalized spacial score (nSPS) is 10.8. The third-order valence-corrected chi connectivity index (χ3v) is 4.69. The van der Waals surface area contributed by atoms with Crippen molar-refractivity contribution in [2.75, 3.05) is 13.2 Å². The van der Waals surface area contributed by atoms with Crippen LogP contribution >= 0.6 is 0 Å². The standard InChI is InChI=1S/C24H18O6/c25-23(26)13-29-17-9-15-5-1-3-7-19(15)21(11-17)22-12-18(30-14-24(27)28)10-16-6-2-4-8-20(16)22/h1-12H,13-14H2,(H,25,26)(H,27,28). The van der Waals surface area contributed by atoms with Crippen LogP contribution in [-0.4, -0.2) is 35.4 Å². The second-order valence-corrected chi connectivity index (χ2v) is 6.75. The van der Waals surface area contributed by atoms with Gasteiger partial charge in [0.1, 0.15) is 11.5 Å². The highest BCUT2D eigenvalue weighted by Crippen LogP contribution is 2.39. The second kappa shape index (κ2) is 8.13. The lowest BCUT2D eigenvalue weighted by Gasteiger charge is -2.15. The van der Waals surface area contributed by atoms with Crippen molar-refractivity contribution in [3.8, 4) is 22.6 Å². The molecule has 6 heteroatoms. The number of carbonyl (C=O) groups is 2. The highest BCUT2D eigenvalue weighted by atomic mass is 16.5. The van der Waals surface area contributed by atoms with Gasteiger partial charge in [-0.1, -0.05) is 48.5 Å². The molecule has 0 radical (unpaired) electrons. The molecule has 0 aromatic heterocycles. The first-order valence-electron chi connectivity index (χ1n) is 9.26. The summed E-state index contributed by atoms with van der Waals surface area (Å²) in [6, 6.07) is 22.7. The molecular weight excluding hydrogens is 384 g/mol. The third kappa shape index (κ3) is 4.03. The van der Waals surface area contributed by atoms with Gasteiger partial charge in [0.25, 0.3) is 0 Å². The molecule has 4 aromatic rings. The maximum Gasteiger partial charge on any atom is 0.341 e. The van der Waals surface area contributed by atoms with Crippen molar-refractivity contribution >= 4 is 33.5 Å². The molecule has 0 bridgehead atoms. The average molecular weight is 402 g/mol. The Kier molecular flexibility index (Phi) is 5.22. The van der Waals surface area contributed by atoms with Crippen molar-refractivity contribution in [2.45, 2.75) is 0 Å². The minimum Gasteiger partial charge on any atom is -0.482 e. The van der Waals surface area contributed by atoms with Gasteiger partial charge in [0.2, 0.25) is 0 Å². The quantitative estimate of drug-likeness (QED) is 0.470. The molecule has 0 amide bonds. The number of ether oxygens (including phenoxy) is 2. The molecule has 0 aliphatic carbocycles. The number of rotatable bonds is 7. The van der Waals surface area contributed by atoms with Crippen molar-refractivity contribution in [1.82, 2.24) is 0 Å². The molecule has 4 rings (SSSR count). The summed E-state index contributed by atoms with van der Waals surface area (Å²) in [6.45, 7) is -0.888. The maximum absolute atomic E-state index is 10.9. The Morgan fingerprint density at radius 2 is 1.03 bits per heavy atom. The van der Waals surface area contributed by atoms with Gasteiger partial charge in [-0.15, -0.1) is 0 Å². The van der Waals surface area contributed by atoms with Crippen LogP contribution in [0.3, 0.4) is 0 Å². The fourth-order valence-corrected chi connectivity index (χ4v) is 3.47. The Morgan fingerprint density at radius 1 is 0.633 bits per heavy atom. The fraction of sp³-hybridized carbons (Fsp3) is 0.0833. The Hall–Kier alpha value is -4.06. The third-order valence-electron chi connectivity index (χ3n) is 4.69. The van der Waals surface area contributed by atoms with Crippen molar-refractivity contribution in [1.29, 1.82) is 0 Å². The van der Waals surface area contributed by atoms with Crippen molar-refractivity contribution < 1.29 is 29.3 Å². The summed E-state index contributed by atoms with van der Waals surface area (Å²) in [7, 11) is 0. The molecule has 0 heterocycles. The second-order valence-electron chi connectivity index (χ2n) is 6.75. The van der Waals surface area contributed by atoms with Crippen LogP contribution in [0.2, 0.25) is 0 Å². The number of benzene rings is 4. The number of aliphatic carboxylic acids is 2. The van der Waals surface area contributed by atoms with Crippen LogP contribution in [0.4, 0.5) is 0 Å². The molecular formula is C24H18O6. The lowest BCUT2D eigenvalue weighted by molar-refractivity contribution is -0.140. The van der Waals surface area contributed by atoms with Gasteiger partial charge in [-0.2, -0.15) is 0 Å². The van der Waals surface area contributed by atoms with Crippen LogP contribution in [0.5, 0.6) is 11.5 Å².